The second kappa shape index (κ2) is 10.4. The molecule has 1 aromatic carbocycles. The Hall–Kier alpha value is -0.690. The van der Waals surface area contributed by atoms with Crippen LogP contribution >= 0.6 is 0 Å². The molecule has 0 fully saturated rings. The Kier molecular flexibility index (Phi) is 11.7. The van der Waals surface area contributed by atoms with Gasteiger partial charge in [0.25, 0.3) is 0 Å². The van der Waals surface area contributed by atoms with Gasteiger partial charge in [-0.2, -0.15) is 8.42 Å². The molecule has 5 nitrogen and oxygen atoms in total. The average molecular weight is 224 g/mol. The Morgan fingerprint density at radius 2 is 1.29 bits per heavy atom. The molecule has 0 aliphatic carbocycles. The van der Waals surface area contributed by atoms with E-state index in [1.165, 1.54) is 0 Å². The molecule has 0 saturated carbocycles. The average Bonchev–Trinajstić information content (AvgIpc) is 2.06. The number of primary amides is 1. The van der Waals surface area contributed by atoms with Gasteiger partial charge in [-0.25, -0.2) is 4.79 Å². The Labute approximate surface area is 105 Å². The summed E-state index contributed by atoms with van der Waals surface area (Å²) >= 11 is 0. The van der Waals surface area contributed by atoms with E-state index in [-0.39, 0.29) is 29.6 Å². The molecular weight excluding hydrogens is 215 g/mol. The summed E-state index contributed by atoms with van der Waals surface area (Å²) in [6, 6.07) is 10.8. The van der Waals surface area contributed by atoms with E-state index in [1.54, 1.807) is 0 Å². The van der Waals surface area contributed by atoms with Gasteiger partial charge < -0.3 is 5.73 Å². The third kappa shape index (κ3) is 13.9. The van der Waals surface area contributed by atoms with Crippen LogP contribution in [0.5, 0.6) is 0 Å². The van der Waals surface area contributed by atoms with E-state index in [4.69, 9.17) is 0 Å². The van der Waals surface area contributed by atoms with Crippen molar-refractivity contribution in [1.82, 2.24) is 0 Å². The van der Waals surface area contributed by atoms with Gasteiger partial charge in [-0.1, -0.05) is 40.8 Å². The molecule has 0 radical (unpaired) electrons. The van der Waals surface area contributed by atoms with E-state index in [0.29, 0.717) is 0 Å². The molecule has 1 rings (SSSR count). The second-order valence-corrected chi connectivity index (χ2v) is 2.42. The Morgan fingerprint density at radius 3 is 1.36 bits per heavy atom. The first-order valence-electron chi connectivity index (χ1n) is 3.23. The molecule has 72 valence electrons. The number of carbonyl (C=O) groups is 1. The standard InChI is InChI=1S/C6H6.CH2N2O3S.Na.H/c1-2-4-6-5-3-1;2-1(4)3-7(5)6;;/h1-6H;(H2,2,4);;. The van der Waals surface area contributed by atoms with Crippen molar-refractivity contribution >= 4 is 46.1 Å². The maximum Gasteiger partial charge on any atom is -0.0623 e. The molecule has 0 saturated heterocycles. The van der Waals surface area contributed by atoms with Crippen LogP contribution in [0.1, 0.15) is 0 Å². The summed E-state index contributed by atoms with van der Waals surface area (Å²) in [5, 5.41) is 0. The van der Waals surface area contributed by atoms with Crippen LogP contribution in [-0.2, 0) is 10.5 Å². The van der Waals surface area contributed by atoms with Crippen molar-refractivity contribution in [1.29, 1.82) is 0 Å². The molecule has 2 amide bonds. The molecule has 0 unspecified atom stereocenters. The molecule has 0 spiro atoms. The predicted octanol–water partition coefficient (Wildman–Crippen LogP) is 0.166. The van der Waals surface area contributed by atoms with Crippen LogP contribution < -0.4 is 5.73 Å². The van der Waals surface area contributed by atoms with Crippen molar-refractivity contribution in [3.05, 3.63) is 36.4 Å². The molecule has 0 atom stereocenters. The monoisotopic (exact) mass is 224 g/mol. The third-order valence-electron chi connectivity index (χ3n) is 0.831. The van der Waals surface area contributed by atoms with Crippen LogP contribution in [0.2, 0.25) is 0 Å². The van der Waals surface area contributed by atoms with Crippen LogP contribution in [0.3, 0.4) is 0 Å². The quantitative estimate of drug-likeness (QED) is 0.637. The molecule has 7 heteroatoms. The van der Waals surface area contributed by atoms with Crippen molar-refractivity contribution < 1.29 is 13.2 Å². The summed E-state index contributed by atoms with van der Waals surface area (Å²) in [5.74, 6) is 0. The van der Waals surface area contributed by atoms with Crippen molar-refractivity contribution in [2.45, 2.75) is 0 Å². The first-order chi connectivity index (χ1) is 6.13. The van der Waals surface area contributed by atoms with Crippen molar-refractivity contribution in [3.63, 3.8) is 0 Å². The minimum Gasteiger partial charge on any atom is -0.0623 e. The van der Waals surface area contributed by atoms with Gasteiger partial charge in [-0.05, 0) is 0 Å². The zero-order chi connectivity index (χ0) is 10.1. The number of urea groups is 1. The van der Waals surface area contributed by atoms with E-state index >= 15 is 0 Å². The summed E-state index contributed by atoms with van der Waals surface area (Å²) in [4.78, 5) is 9.47. The number of amides is 2. The first kappa shape index (κ1) is 15.8. The fourth-order valence-corrected chi connectivity index (χ4v) is 0.605. The molecule has 0 aliphatic rings. The Balaban J connectivity index is 0. The number of hydrogen-bond acceptors (Lipinski definition) is 3. The van der Waals surface area contributed by atoms with Crippen LogP contribution in [-0.4, -0.2) is 44.0 Å². The zero-order valence-electron chi connectivity index (χ0n) is 6.62. The van der Waals surface area contributed by atoms with E-state index in [9.17, 15) is 13.2 Å². The number of rotatable bonds is 0. The van der Waals surface area contributed by atoms with Gasteiger partial charge in [0, 0.05) is 0 Å². The summed E-state index contributed by atoms with van der Waals surface area (Å²) in [6.07, 6.45) is 0. The molecule has 2 N–H and O–H groups in total. The number of nitrogens with zero attached hydrogens (tertiary/aromatic N) is 1. The topological polar surface area (TPSA) is 89.6 Å². The van der Waals surface area contributed by atoms with Gasteiger partial charge in [0.2, 0.25) is 0 Å². The van der Waals surface area contributed by atoms with Crippen molar-refractivity contribution in [3.8, 4) is 0 Å². The number of benzene rings is 1. The van der Waals surface area contributed by atoms with Gasteiger partial charge in [-0.15, -0.1) is 0 Å². The van der Waals surface area contributed by atoms with E-state index < -0.39 is 16.5 Å². The SMILES string of the molecule is NC(=O)N=S(=O)=O.[NaH].c1ccccc1. The molecule has 0 bridgehead atoms. The molecular formula is C7H9N2NaO3S. The van der Waals surface area contributed by atoms with Crippen LogP contribution in [0.25, 0.3) is 0 Å². The maximum atomic E-state index is 9.47. The smallest absolute Gasteiger partial charge is 0.0623 e. The summed E-state index contributed by atoms with van der Waals surface area (Å²) in [7, 11) is -2.70. The van der Waals surface area contributed by atoms with Gasteiger partial charge in [-0.3, -0.25) is 0 Å². The van der Waals surface area contributed by atoms with Gasteiger partial charge in [0.05, 0.1) is 0 Å². The molecule has 0 aliphatic heterocycles. The molecule has 0 heterocycles. The van der Waals surface area contributed by atoms with Gasteiger partial charge in [0.1, 0.15) is 0 Å². The summed E-state index contributed by atoms with van der Waals surface area (Å²) in [5.41, 5.74) is 4.29. The molecule has 14 heavy (non-hydrogen) atoms. The minimum atomic E-state index is -2.70. The number of hydrogen-bond donors (Lipinski definition) is 1. The van der Waals surface area contributed by atoms with Crippen LogP contribution in [0.15, 0.2) is 40.8 Å². The maximum absolute atomic E-state index is 9.47. The fraction of sp³-hybridized carbons (Fsp3) is 0. The van der Waals surface area contributed by atoms with E-state index in [1.807, 2.05) is 36.4 Å². The normalized spacial score (nSPS) is 7.14. The third-order valence-corrected chi connectivity index (χ3v) is 1.16. The number of carbonyl (C=O) groups excluding carboxylic acids is 1. The van der Waals surface area contributed by atoms with Gasteiger partial charge in [0.15, 0.2) is 0 Å². The predicted molar refractivity (Wildman–Crippen MR) is 54.5 cm³/mol. The molecule has 1 aromatic rings. The first-order valence-corrected chi connectivity index (χ1v) is 4.26. The van der Waals surface area contributed by atoms with Crippen molar-refractivity contribution in [2.75, 3.05) is 0 Å². The minimum absolute atomic E-state index is 0. The number of nitrogens with two attached hydrogens (primary N) is 1. The van der Waals surface area contributed by atoms with Crippen LogP contribution in [0.4, 0.5) is 4.79 Å². The largest absolute Gasteiger partial charge is 0.0623 e. The Bertz CT molecular complexity index is 342. The Morgan fingerprint density at radius 1 is 1.00 bits per heavy atom. The fourth-order valence-electron chi connectivity index (χ4n) is 0.458. The van der Waals surface area contributed by atoms with E-state index in [0.717, 1.165) is 0 Å². The molecule has 0 aromatic heterocycles. The summed E-state index contributed by atoms with van der Waals surface area (Å²) in [6.45, 7) is 0. The van der Waals surface area contributed by atoms with Gasteiger partial charge >= 0.3 is 46.1 Å². The van der Waals surface area contributed by atoms with E-state index in [2.05, 4.69) is 10.1 Å². The second-order valence-electron chi connectivity index (χ2n) is 1.80. The zero-order valence-corrected chi connectivity index (χ0v) is 7.44. The summed E-state index contributed by atoms with van der Waals surface area (Å²) < 4.78 is 21.0. The van der Waals surface area contributed by atoms with Crippen LogP contribution in [0, 0.1) is 0 Å². The van der Waals surface area contributed by atoms with Crippen molar-refractivity contribution in [2.24, 2.45) is 10.1 Å².